The van der Waals surface area contributed by atoms with Gasteiger partial charge in [0.15, 0.2) is 5.78 Å². The van der Waals surface area contributed by atoms with Crippen LogP contribution >= 0.6 is 0 Å². The molecule has 0 spiro atoms. The Morgan fingerprint density at radius 1 is 1.26 bits per heavy atom. The van der Waals surface area contributed by atoms with E-state index >= 15 is 0 Å². The summed E-state index contributed by atoms with van der Waals surface area (Å²) in [6, 6.07) is -0.525. The highest BCUT2D eigenvalue weighted by atomic mass is 16.6. The lowest BCUT2D eigenvalue weighted by atomic mass is 10.0. The summed E-state index contributed by atoms with van der Waals surface area (Å²) in [7, 11) is 0. The monoisotopic (exact) mass is 327 g/mol. The molecule has 1 amide bonds. The van der Waals surface area contributed by atoms with Crippen molar-refractivity contribution in [2.24, 2.45) is 0 Å². The number of Topliss-reactive ketones (excluding diaryl/α,β-unsaturated/α-hetero) is 1. The quantitative estimate of drug-likeness (QED) is 0.776. The van der Waals surface area contributed by atoms with E-state index < -0.39 is 17.7 Å². The number of rotatable bonds is 5. The summed E-state index contributed by atoms with van der Waals surface area (Å²) < 4.78 is 16.4. The van der Waals surface area contributed by atoms with Crippen LogP contribution in [-0.2, 0) is 19.0 Å². The molecule has 2 aliphatic heterocycles. The molecule has 0 aliphatic carbocycles. The molecule has 6 nitrogen and oxygen atoms in total. The molecule has 23 heavy (non-hydrogen) atoms. The van der Waals surface area contributed by atoms with E-state index in [0.717, 1.165) is 32.3 Å². The van der Waals surface area contributed by atoms with Crippen molar-refractivity contribution < 1.29 is 23.8 Å². The first-order chi connectivity index (χ1) is 10.9. The van der Waals surface area contributed by atoms with Crippen LogP contribution in [0.1, 0.15) is 52.9 Å². The number of ether oxygens (including phenoxy) is 3. The molecule has 0 bridgehead atoms. The van der Waals surface area contributed by atoms with E-state index in [1.165, 1.54) is 4.90 Å². The molecule has 2 unspecified atom stereocenters. The molecule has 0 saturated carbocycles. The predicted octanol–water partition coefficient (Wildman–Crippen LogP) is 2.54. The molecule has 2 aliphatic rings. The summed E-state index contributed by atoms with van der Waals surface area (Å²) >= 11 is 0. The molecule has 0 aromatic heterocycles. The zero-order chi connectivity index (χ0) is 16.9. The minimum atomic E-state index is -0.567. The molecule has 2 heterocycles. The highest BCUT2D eigenvalue weighted by Crippen LogP contribution is 2.20. The van der Waals surface area contributed by atoms with Crippen LogP contribution in [0.25, 0.3) is 0 Å². The third kappa shape index (κ3) is 5.77. The number of amides is 1. The Morgan fingerprint density at radius 2 is 2.04 bits per heavy atom. The van der Waals surface area contributed by atoms with Crippen LogP contribution in [0, 0.1) is 0 Å². The molecule has 0 aromatic carbocycles. The van der Waals surface area contributed by atoms with Gasteiger partial charge in [-0.25, -0.2) is 4.79 Å². The average molecular weight is 327 g/mol. The second-order valence-corrected chi connectivity index (χ2v) is 7.26. The fourth-order valence-corrected chi connectivity index (χ4v) is 2.95. The van der Waals surface area contributed by atoms with Crippen molar-refractivity contribution in [3.63, 3.8) is 0 Å². The molecule has 0 aromatic rings. The van der Waals surface area contributed by atoms with Gasteiger partial charge in [-0.2, -0.15) is 0 Å². The standard InChI is InChI=1S/C17H29NO5/c1-17(2,3)23-16(20)18-9-11-21-12-14(18)15(19)8-4-6-13-7-5-10-22-13/h13-14H,4-12H2,1-3H3. The molecule has 2 atom stereocenters. The topological polar surface area (TPSA) is 65.1 Å². The van der Waals surface area contributed by atoms with Crippen LogP contribution in [0.4, 0.5) is 4.79 Å². The number of nitrogens with zero attached hydrogens (tertiary/aromatic N) is 1. The largest absolute Gasteiger partial charge is 0.444 e. The first-order valence-corrected chi connectivity index (χ1v) is 8.58. The van der Waals surface area contributed by atoms with Gasteiger partial charge in [-0.3, -0.25) is 9.69 Å². The van der Waals surface area contributed by atoms with Gasteiger partial charge in [0.05, 0.1) is 19.3 Å². The van der Waals surface area contributed by atoms with Crippen LogP contribution < -0.4 is 0 Å². The minimum absolute atomic E-state index is 0.0496. The average Bonchev–Trinajstić information content (AvgIpc) is 2.98. The van der Waals surface area contributed by atoms with Gasteiger partial charge in [0.1, 0.15) is 11.6 Å². The SMILES string of the molecule is CC(C)(C)OC(=O)N1CCOCC1C(=O)CCCC1CCCO1. The lowest BCUT2D eigenvalue weighted by molar-refractivity contribution is -0.130. The van der Waals surface area contributed by atoms with Gasteiger partial charge >= 0.3 is 6.09 Å². The summed E-state index contributed by atoms with van der Waals surface area (Å²) in [5, 5.41) is 0. The van der Waals surface area contributed by atoms with Crippen LogP contribution in [0.3, 0.4) is 0 Å². The van der Waals surface area contributed by atoms with E-state index in [2.05, 4.69) is 0 Å². The van der Waals surface area contributed by atoms with Crippen molar-refractivity contribution >= 4 is 11.9 Å². The van der Waals surface area contributed by atoms with E-state index in [0.29, 0.717) is 25.7 Å². The van der Waals surface area contributed by atoms with E-state index in [1.54, 1.807) is 0 Å². The number of carbonyl (C=O) groups excluding carboxylic acids is 2. The normalized spacial score (nSPS) is 25.4. The summed E-state index contributed by atoms with van der Waals surface area (Å²) in [5.74, 6) is 0.0496. The van der Waals surface area contributed by atoms with E-state index in [4.69, 9.17) is 14.2 Å². The van der Waals surface area contributed by atoms with Gasteiger partial charge in [-0.1, -0.05) is 0 Å². The number of carbonyl (C=O) groups is 2. The van der Waals surface area contributed by atoms with Crippen molar-refractivity contribution in [2.75, 3.05) is 26.4 Å². The molecular formula is C17H29NO5. The van der Waals surface area contributed by atoms with Crippen molar-refractivity contribution in [1.29, 1.82) is 0 Å². The highest BCUT2D eigenvalue weighted by molar-refractivity contribution is 5.87. The second kappa shape index (κ2) is 8.11. The van der Waals surface area contributed by atoms with E-state index in [-0.39, 0.29) is 12.4 Å². The summed E-state index contributed by atoms with van der Waals surface area (Å²) in [5.41, 5.74) is -0.567. The lowest BCUT2D eigenvalue weighted by Gasteiger charge is -2.35. The fraction of sp³-hybridized carbons (Fsp3) is 0.882. The minimum Gasteiger partial charge on any atom is -0.444 e. The van der Waals surface area contributed by atoms with Gasteiger partial charge in [-0.15, -0.1) is 0 Å². The molecule has 0 radical (unpaired) electrons. The summed E-state index contributed by atoms with van der Waals surface area (Å²) in [6.07, 6.45) is 4.22. The molecule has 0 N–H and O–H groups in total. The Balaban J connectivity index is 1.83. The van der Waals surface area contributed by atoms with Gasteiger partial charge in [0.25, 0.3) is 0 Å². The Kier molecular flexibility index (Phi) is 6.41. The van der Waals surface area contributed by atoms with Crippen LogP contribution in [0.5, 0.6) is 0 Å². The predicted molar refractivity (Wildman–Crippen MR) is 85.4 cm³/mol. The highest BCUT2D eigenvalue weighted by Gasteiger charge is 2.35. The van der Waals surface area contributed by atoms with Crippen LogP contribution in [0.15, 0.2) is 0 Å². The fourth-order valence-electron chi connectivity index (χ4n) is 2.95. The van der Waals surface area contributed by atoms with Crippen LogP contribution in [-0.4, -0.2) is 60.9 Å². The van der Waals surface area contributed by atoms with Crippen molar-refractivity contribution in [2.45, 2.75) is 70.6 Å². The zero-order valence-corrected chi connectivity index (χ0v) is 14.5. The van der Waals surface area contributed by atoms with Gasteiger partial charge in [-0.05, 0) is 46.5 Å². The first-order valence-electron chi connectivity index (χ1n) is 8.58. The Labute approximate surface area is 138 Å². The molecule has 132 valence electrons. The molecular weight excluding hydrogens is 298 g/mol. The molecule has 6 heteroatoms. The third-order valence-electron chi connectivity index (χ3n) is 4.10. The van der Waals surface area contributed by atoms with E-state index in [1.807, 2.05) is 20.8 Å². The molecule has 2 rings (SSSR count). The number of morpholine rings is 1. The third-order valence-corrected chi connectivity index (χ3v) is 4.10. The number of hydrogen-bond donors (Lipinski definition) is 0. The second-order valence-electron chi connectivity index (χ2n) is 7.26. The number of hydrogen-bond acceptors (Lipinski definition) is 5. The van der Waals surface area contributed by atoms with Crippen molar-refractivity contribution in [3.8, 4) is 0 Å². The van der Waals surface area contributed by atoms with E-state index in [9.17, 15) is 9.59 Å². The van der Waals surface area contributed by atoms with Gasteiger partial charge in [0.2, 0.25) is 0 Å². The Bertz CT molecular complexity index is 412. The van der Waals surface area contributed by atoms with Crippen LogP contribution in [0.2, 0.25) is 0 Å². The summed E-state index contributed by atoms with van der Waals surface area (Å²) in [4.78, 5) is 26.3. The summed E-state index contributed by atoms with van der Waals surface area (Å²) in [6.45, 7) is 7.41. The van der Waals surface area contributed by atoms with Crippen molar-refractivity contribution in [3.05, 3.63) is 0 Å². The van der Waals surface area contributed by atoms with Crippen molar-refractivity contribution in [1.82, 2.24) is 4.90 Å². The van der Waals surface area contributed by atoms with Gasteiger partial charge in [0, 0.05) is 19.6 Å². The lowest BCUT2D eigenvalue weighted by Crippen LogP contribution is -2.53. The Hall–Kier alpha value is -1.14. The molecule has 2 saturated heterocycles. The maximum atomic E-state index is 12.5. The van der Waals surface area contributed by atoms with Gasteiger partial charge < -0.3 is 14.2 Å². The zero-order valence-electron chi connectivity index (χ0n) is 14.5. The Morgan fingerprint density at radius 3 is 2.70 bits per heavy atom. The first kappa shape index (κ1) is 18.2. The smallest absolute Gasteiger partial charge is 0.411 e. The number of ketones is 1. The molecule has 2 fully saturated rings. The maximum Gasteiger partial charge on any atom is 0.411 e. The maximum absolute atomic E-state index is 12.5.